The van der Waals surface area contributed by atoms with Gasteiger partial charge in [0.2, 0.25) is 0 Å². The summed E-state index contributed by atoms with van der Waals surface area (Å²) in [5.74, 6) is 0.824. The zero-order valence-corrected chi connectivity index (χ0v) is 12.5. The van der Waals surface area contributed by atoms with Crippen molar-refractivity contribution in [3.63, 3.8) is 0 Å². The molecule has 3 nitrogen and oxygen atoms in total. The molecule has 19 heavy (non-hydrogen) atoms. The molecule has 5 heteroatoms. The third-order valence-corrected chi connectivity index (χ3v) is 4.53. The van der Waals surface area contributed by atoms with Gasteiger partial charge in [-0.25, -0.2) is 4.39 Å². The van der Waals surface area contributed by atoms with Crippen LogP contribution in [0, 0.1) is 9.39 Å². The van der Waals surface area contributed by atoms with Crippen LogP contribution in [0.1, 0.15) is 29.9 Å². The number of benzene rings is 1. The summed E-state index contributed by atoms with van der Waals surface area (Å²) in [4.78, 5) is 0. The van der Waals surface area contributed by atoms with Crippen molar-refractivity contribution in [2.45, 2.75) is 32.2 Å². The summed E-state index contributed by atoms with van der Waals surface area (Å²) in [5, 5.41) is 7.37. The van der Waals surface area contributed by atoms with Crippen LogP contribution in [0.5, 0.6) is 0 Å². The molecule has 100 valence electrons. The third-order valence-electron chi connectivity index (χ3n) is 3.43. The minimum atomic E-state index is -0.201. The molecule has 1 aliphatic rings. The molecule has 0 fully saturated rings. The number of fused-ring (bicyclic) bond motifs is 1. The van der Waals surface area contributed by atoms with Crippen LogP contribution >= 0.6 is 22.6 Å². The van der Waals surface area contributed by atoms with E-state index in [0.717, 1.165) is 30.0 Å². The molecule has 0 radical (unpaired) electrons. The highest BCUT2D eigenvalue weighted by Gasteiger charge is 2.19. The zero-order chi connectivity index (χ0) is 13.2. The van der Waals surface area contributed by atoms with E-state index in [2.05, 4.69) is 10.5 Å². The predicted octanol–water partition coefficient (Wildman–Crippen LogP) is 3.91. The number of hydrogen-bond donors (Lipinski definition) is 1. The van der Waals surface area contributed by atoms with E-state index >= 15 is 0 Å². The first-order chi connectivity index (χ1) is 9.25. The average molecular weight is 372 g/mol. The van der Waals surface area contributed by atoms with Gasteiger partial charge in [0.1, 0.15) is 17.3 Å². The number of nitrogens with zero attached hydrogens (tertiary/aromatic N) is 1. The molecule has 1 N–H and O–H groups in total. The molecule has 0 spiro atoms. The molecule has 0 saturated heterocycles. The molecule has 0 atom stereocenters. The first-order valence-electron chi connectivity index (χ1n) is 6.40. The lowest BCUT2D eigenvalue weighted by Crippen LogP contribution is -2.07. The molecule has 0 aliphatic heterocycles. The maximum Gasteiger partial charge on any atom is 0.140 e. The van der Waals surface area contributed by atoms with Crippen molar-refractivity contribution in [1.82, 2.24) is 5.16 Å². The van der Waals surface area contributed by atoms with E-state index in [1.165, 1.54) is 24.5 Å². The van der Waals surface area contributed by atoms with Crippen molar-refractivity contribution in [3.8, 4) is 0 Å². The Bertz CT molecular complexity index is 597. The summed E-state index contributed by atoms with van der Waals surface area (Å²) in [6, 6.07) is 5.04. The molecule has 3 rings (SSSR count). The molecule has 0 amide bonds. The number of aromatic nitrogens is 1. The smallest absolute Gasteiger partial charge is 0.140 e. The lowest BCUT2D eigenvalue weighted by atomic mass is 9.96. The molecule has 0 saturated carbocycles. The van der Waals surface area contributed by atoms with E-state index in [9.17, 15) is 4.39 Å². The Morgan fingerprint density at radius 2 is 2.16 bits per heavy atom. The maximum absolute atomic E-state index is 13.4. The molecule has 0 unspecified atom stereocenters. The average Bonchev–Trinajstić information content (AvgIpc) is 2.84. The third kappa shape index (κ3) is 2.61. The van der Waals surface area contributed by atoms with Gasteiger partial charge in [-0.2, -0.15) is 0 Å². The van der Waals surface area contributed by atoms with E-state index in [-0.39, 0.29) is 5.82 Å². The molecule has 0 bridgehead atoms. The maximum atomic E-state index is 13.4. The molecule has 1 aliphatic carbocycles. The summed E-state index contributed by atoms with van der Waals surface area (Å²) in [5.41, 5.74) is 2.99. The lowest BCUT2D eigenvalue weighted by Gasteiger charge is -2.11. The number of anilines is 1. The van der Waals surface area contributed by atoms with E-state index in [0.29, 0.717) is 10.1 Å². The van der Waals surface area contributed by atoms with E-state index in [1.807, 2.05) is 28.7 Å². The number of nitrogens with one attached hydrogen (secondary N) is 1. The van der Waals surface area contributed by atoms with Gasteiger partial charge in [0, 0.05) is 12.0 Å². The van der Waals surface area contributed by atoms with Crippen molar-refractivity contribution in [3.05, 3.63) is 44.6 Å². The predicted molar refractivity (Wildman–Crippen MR) is 79.6 cm³/mol. The van der Waals surface area contributed by atoms with E-state index < -0.39 is 0 Å². The summed E-state index contributed by atoms with van der Waals surface area (Å²) < 4.78 is 19.4. The van der Waals surface area contributed by atoms with Crippen LogP contribution in [-0.4, -0.2) is 5.16 Å². The molecule has 1 aromatic heterocycles. The van der Waals surface area contributed by atoms with Gasteiger partial charge in [0.25, 0.3) is 0 Å². The fourth-order valence-electron chi connectivity index (χ4n) is 2.41. The largest absolute Gasteiger partial charge is 0.378 e. The van der Waals surface area contributed by atoms with Crippen LogP contribution < -0.4 is 5.32 Å². The Kier molecular flexibility index (Phi) is 3.72. The molecular weight excluding hydrogens is 358 g/mol. The highest BCUT2D eigenvalue weighted by atomic mass is 127. The number of aryl methyl sites for hydroxylation is 1. The minimum absolute atomic E-state index is 0.201. The van der Waals surface area contributed by atoms with Gasteiger partial charge in [-0.15, -0.1) is 0 Å². The highest BCUT2D eigenvalue weighted by molar-refractivity contribution is 14.1. The Morgan fingerprint density at radius 3 is 3.05 bits per heavy atom. The Balaban J connectivity index is 1.76. The summed E-state index contributed by atoms with van der Waals surface area (Å²) in [6.07, 6.45) is 4.39. The molecular formula is C14H14FIN2O. The quantitative estimate of drug-likeness (QED) is 0.831. The lowest BCUT2D eigenvalue weighted by molar-refractivity contribution is 0.368. The van der Waals surface area contributed by atoms with Crippen molar-refractivity contribution in [2.75, 3.05) is 5.32 Å². The second kappa shape index (κ2) is 5.48. The number of rotatable bonds is 3. The van der Waals surface area contributed by atoms with Gasteiger partial charge in [0.05, 0.1) is 15.8 Å². The van der Waals surface area contributed by atoms with E-state index in [1.54, 1.807) is 6.07 Å². The van der Waals surface area contributed by atoms with Gasteiger partial charge in [-0.1, -0.05) is 11.2 Å². The normalized spacial score (nSPS) is 14.2. The van der Waals surface area contributed by atoms with Crippen LogP contribution in [-0.2, 0) is 19.4 Å². The zero-order valence-electron chi connectivity index (χ0n) is 10.4. The topological polar surface area (TPSA) is 38.1 Å². The monoisotopic (exact) mass is 372 g/mol. The Hall–Kier alpha value is -1.11. The molecule has 1 aromatic carbocycles. The van der Waals surface area contributed by atoms with Gasteiger partial charge < -0.3 is 9.84 Å². The number of halogens is 2. The van der Waals surface area contributed by atoms with Gasteiger partial charge in [-0.3, -0.25) is 0 Å². The van der Waals surface area contributed by atoms with Crippen molar-refractivity contribution in [2.24, 2.45) is 0 Å². The van der Waals surface area contributed by atoms with E-state index in [4.69, 9.17) is 4.52 Å². The molecule has 1 heterocycles. The fourth-order valence-corrected chi connectivity index (χ4v) is 2.96. The first-order valence-corrected chi connectivity index (χ1v) is 7.48. The Morgan fingerprint density at radius 1 is 1.32 bits per heavy atom. The SMILES string of the molecule is Fc1cccc(NCc2noc3c2CCCC3)c1I. The van der Waals surface area contributed by atoms with Crippen LogP contribution in [0.25, 0.3) is 0 Å². The van der Waals surface area contributed by atoms with Crippen molar-refractivity contribution in [1.29, 1.82) is 0 Å². The summed E-state index contributed by atoms with van der Waals surface area (Å²) in [6.45, 7) is 0.582. The van der Waals surface area contributed by atoms with Crippen LogP contribution in [0.3, 0.4) is 0 Å². The van der Waals surface area contributed by atoms with Crippen LogP contribution in [0.15, 0.2) is 22.7 Å². The summed E-state index contributed by atoms with van der Waals surface area (Å²) in [7, 11) is 0. The second-order valence-corrected chi connectivity index (χ2v) is 5.77. The summed E-state index contributed by atoms with van der Waals surface area (Å²) >= 11 is 2.01. The van der Waals surface area contributed by atoms with Crippen LogP contribution in [0.4, 0.5) is 10.1 Å². The van der Waals surface area contributed by atoms with Gasteiger partial charge in [-0.05, 0) is 54.0 Å². The highest BCUT2D eigenvalue weighted by Crippen LogP contribution is 2.26. The minimum Gasteiger partial charge on any atom is -0.378 e. The molecule has 2 aromatic rings. The van der Waals surface area contributed by atoms with Crippen molar-refractivity contribution >= 4 is 28.3 Å². The fraction of sp³-hybridized carbons (Fsp3) is 0.357. The van der Waals surface area contributed by atoms with Gasteiger partial charge >= 0.3 is 0 Å². The van der Waals surface area contributed by atoms with Crippen molar-refractivity contribution < 1.29 is 8.91 Å². The first kappa shape index (κ1) is 12.9. The van der Waals surface area contributed by atoms with Gasteiger partial charge in [0.15, 0.2) is 0 Å². The number of hydrogen-bond acceptors (Lipinski definition) is 3. The van der Waals surface area contributed by atoms with Crippen LogP contribution in [0.2, 0.25) is 0 Å². The second-order valence-electron chi connectivity index (χ2n) is 4.69. The Labute approximate surface area is 124 Å². The standard InChI is InChI=1S/C14H14FIN2O/c15-10-5-3-6-11(14(10)16)17-8-12-9-4-1-2-7-13(9)19-18-12/h3,5-6,17H,1-2,4,7-8H2.